The van der Waals surface area contributed by atoms with Crippen LogP contribution in [0, 0.1) is 6.92 Å². The van der Waals surface area contributed by atoms with Crippen LogP contribution < -0.4 is 5.32 Å². The van der Waals surface area contributed by atoms with E-state index in [1.165, 1.54) is 0 Å². The van der Waals surface area contributed by atoms with Crippen molar-refractivity contribution in [3.8, 4) is 11.3 Å². The Balaban J connectivity index is 1.73. The van der Waals surface area contributed by atoms with Crippen molar-refractivity contribution in [3.05, 3.63) is 66.6 Å². The van der Waals surface area contributed by atoms with Crippen LogP contribution in [0.5, 0.6) is 0 Å². The van der Waals surface area contributed by atoms with Gasteiger partial charge in [0.1, 0.15) is 5.65 Å². The number of aryl methyl sites for hydroxylation is 1. The summed E-state index contributed by atoms with van der Waals surface area (Å²) < 4.78 is 0. The van der Waals surface area contributed by atoms with Gasteiger partial charge in [-0.3, -0.25) is 0 Å². The van der Waals surface area contributed by atoms with Crippen LogP contribution >= 0.6 is 0 Å². The number of rotatable bonds is 3. The first kappa shape index (κ1) is 13.5. The normalized spacial score (nSPS) is 10.8. The summed E-state index contributed by atoms with van der Waals surface area (Å²) >= 11 is 0. The quantitative estimate of drug-likeness (QED) is 0.598. The number of pyridine rings is 1. The average Bonchev–Trinajstić information content (AvgIpc) is 2.99. The van der Waals surface area contributed by atoms with Crippen molar-refractivity contribution in [2.75, 3.05) is 5.32 Å². The number of anilines is 2. The van der Waals surface area contributed by atoms with E-state index < -0.39 is 0 Å². The summed E-state index contributed by atoms with van der Waals surface area (Å²) in [5, 5.41) is 4.27. The van der Waals surface area contributed by atoms with E-state index >= 15 is 0 Å². The first-order valence-electron chi connectivity index (χ1n) is 7.40. The molecule has 0 saturated heterocycles. The molecule has 0 fully saturated rings. The molecule has 4 aromatic rings. The molecule has 0 amide bonds. The molecule has 2 N–H and O–H groups in total. The van der Waals surface area contributed by atoms with Crippen LogP contribution in [0.3, 0.4) is 0 Å². The lowest BCUT2D eigenvalue weighted by Gasteiger charge is -2.06. The maximum Gasteiger partial charge on any atom is 0.227 e. The van der Waals surface area contributed by atoms with Crippen molar-refractivity contribution >= 4 is 22.7 Å². The van der Waals surface area contributed by atoms with E-state index in [1.807, 2.05) is 55.6 Å². The van der Waals surface area contributed by atoms with Gasteiger partial charge in [0.05, 0.1) is 5.69 Å². The average molecular weight is 301 g/mol. The van der Waals surface area contributed by atoms with Gasteiger partial charge in [-0.05, 0) is 37.3 Å². The Morgan fingerprint density at radius 3 is 2.70 bits per heavy atom. The van der Waals surface area contributed by atoms with Crippen LogP contribution in [0.15, 0.2) is 60.9 Å². The van der Waals surface area contributed by atoms with Gasteiger partial charge in [0.15, 0.2) is 0 Å². The highest BCUT2D eigenvalue weighted by Crippen LogP contribution is 2.27. The van der Waals surface area contributed by atoms with Crippen LogP contribution in [-0.2, 0) is 0 Å². The molecule has 0 unspecified atom stereocenters. The summed E-state index contributed by atoms with van der Waals surface area (Å²) in [7, 11) is 0. The van der Waals surface area contributed by atoms with Crippen molar-refractivity contribution in [2.24, 2.45) is 0 Å². The van der Waals surface area contributed by atoms with E-state index in [0.717, 1.165) is 33.7 Å². The third-order valence-corrected chi connectivity index (χ3v) is 3.64. The predicted octanol–water partition coefficient (Wildman–Crippen LogP) is 4.07. The van der Waals surface area contributed by atoms with Gasteiger partial charge in [0, 0.05) is 34.7 Å². The zero-order valence-electron chi connectivity index (χ0n) is 12.6. The van der Waals surface area contributed by atoms with Gasteiger partial charge in [-0.1, -0.05) is 18.2 Å². The molecule has 0 aliphatic carbocycles. The number of nitrogens with zero attached hydrogens (tertiary/aromatic N) is 3. The summed E-state index contributed by atoms with van der Waals surface area (Å²) in [6.07, 6.45) is 3.69. The van der Waals surface area contributed by atoms with Crippen molar-refractivity contribution in [3.63, 3.8) is 0 Å². The third kappa shape index (κ3) is 2.64. The molecule has 3 aromatic heterocycles. The lowest BCUT2D eigenvalue weighted by molar-refractivity contribution is 1.17. The lowest BCUT2D eigenvalue weighted by Crippen LogP contribution is -1.97. The second kappa shape index (κ2) is 5.53. The van der Waals surface area contributed by atoms with Crippen LogP contribution in [0.4, 0.5) is 11.6 Å². The largest absolute Gasteiger partial charge is 0.345 e. The molecule has 1 aromatic carbocycles. The van der Waals surface area contributed by atoms with Gasteiger partial charge in [-0.25, -0.2) is 15.0 Å². The van der Waals surface area contributed by atoms with Gasteiger partial charge in [0.2, 0.25) is 5.95 Å². The summed E-state index contributed by atoms with van der Waals surface area (Å²) in [4.78, 5) is 16.6. The Hall–Kier alpha value is -3.21. The molecule has 23 heavy (non-hydrogen) atoms. The van der Waals surface area contributed by atoms with Gasteiger partial charge < -0.3 is 10.3 Å². The first-order valence-corrected chi connectivity index (χ1v) is 7.40. The van der Waals surface area contributed by atoms with Crippen LogP contribution in [0.2, 0.25) is 0 Å². The van der Waals surface area contributed by atoms with E-state index in [4.69, 9.17) is 0 Å². The smallest absolute Gasteiger partial charge is 0.227 e. The molecule has 0 spiro atoms. The highest BCUT2D eigenvalue weighted by atomic mass is 15.1. The minimum Gasteiger partial charge on any atom is -0.345 e. The van der Waals surface area contributed by atoms with E-state index in [-0.39, 0.29) is 0 Å². The summed E-state index contributed by atoms with van der Waals surface area (Å²) in [5.41, 5.74) is 4.69. The fourth-order valence-corrected chi connectivity index (χ4v) is 2.53. The number of hydrogen-bond acceptors (Lipinski definition) is 4. The Kier molecular flexibility index (Phi) is 3.24. The SMILES string of the molecule is Cc1ccc2c(-c3ccnc(Nc4ccccc4)n3)c[nH]c2n1. The molecule has 0 bridgehead atoms. The Bertz CT molecular complexity index is 959. The number of H-pyrrole nitrogens is 1. The number of hydrogen-bond donors (Lipinski definition) is 2. The number of para-hydroxylation sites is 1. The highest BCUT2D eigenvalue weighted by Gasteiger charge is 2.09. The van der Waals surface area contributed by atoms with E-state index in [2.05, 4.69) is 31.3 Å². The first-order chi connectivity index (χ1) is 11.3. The summed E-state index contributed by atoms with van der Waals surface area (Å²) in [5.74, 6) is 0.572. The molecule has 0 aliphatic rings. The van der Waals surface area contributed by atoms with E-state index in [0.29, 0.717) is 5.95 Å². The number of benzene rings is 1. The molecule has 4 rings (SSSR count). The molecule has 0 saturated carbocycles. The molecule has 5 nitrogen and oxygen atoms in total. The maximum absolute atomic E-state index is 4.61. The third-order valence-electron chi connectivity index (χ3n) is 3.64. The fraction of sp³-hybridized carbons (Fsp3) is 0.0556. The minimum atomic E-state index is 0.572. The molecular formula is C18H15N5. The molecule has 5 heteroatoms. The second-order valence-corrected chi connectivity index (χ2v) is 5.31. The summed E-state index contributed by atoms with van der Waals surface area (Å²) in [6, 6.07) is 15.9. The zero-order chi connectivity index (χ0) is 15.6. The minimum absolute atomic E-state index is 0.572. The van der Waals surface area contributed by atoms with Crippen LogP contribution in [-0.4, -0.2) is 19.9 Å². The van der Waals surface area contributed by atoms with Crippen molar-refractivity contribution in [1.29, 1.82) is 0 Å². The number of nitrogens with one attached hydrogen (secondary N) is 2. The topological polar surface area (TPSA) is 66.5 Å². The molecule has 112 valence electrons. The van der Waals surface area contributed by atoms with E-state index in [9.17, 15) is 0 Å². The van der Waals surface area contributed by atoms with Crippen LogP contribution in [0.25, 0.3) is 22.3 Å². The molecule has 0 atom stereocenters. The van der Waals surface area contributed by atoms with Crippen molar-refractivity contribution in [1.82, 2.24) is 19.9 Å². The molecule has 0 radical (unpaired) electrons. The standard InChI is InChI=1S/C18H15N5/c1-12-7-8-14-15(11-20-17(14)21-12)16-9-10-19-18(23-16)22-13-5-3-2-4-6-13/h2-11H,1H3,(H,20,21)(H,19,22,23). The zero-order valence-corrected chi connectivity index (χ0v) is 12.6. The second-order valence-electron chi connectivity index (χ2n) is 5.31. The molecule has 0 aliphatic heterocycles. The van der Waals surface area contributed by atoms with Gasteiger partial charge in [0.25, 0.3) is 0 Å². The van der Waals surface area contributed by atoms with Crippen molar-refractivity contribution < 1.29 is 0 Å². The molecular weight excluding hydrogens is 286 g/mol. The fourth-order valence-electron chi connectivity index (χ4n) is 2.53. The van der Waals surface area contributed by atoms with Gasteiger partial charge in [-0.15, -0.1) is 0 Å². The van der Waals surface area contributed by atoms with E-state index in [1.54, 1.807) is 6.20 Å². The number of aromatic amines is 1. The number of fused-ring (bicyclic) bond motifs is 1. The monoisotopic (exact) mass is 301 g/mol. The maximum atomic E-state index is 4.61. The predicted molar refractivity (Wildman–Crippen MR) is 91.6 cm³/mol. The Morgan fingerprint density at radius 2 is 1.83 bits per heavy atom. The van der Waals surface area contributed by atoms with Crippen molar-refractivity contribution in [2.45, 2.75) is 6.92 Å². The van der Waals surface area contributed by atoms with Crippen LogP contribution in [0.1, 0.15) is 5.69 Å². The van der Waals surface area contributed by atoms with Gasteiger partial charge in [-0.2, -0.15) is 0 Å². The lowest BCUT2D eigenvalue weighted by atomic mass is 10.1. The van der Waals surface area contributed by atoms with Gasteiger partial charge >= 0.3 is 0 Å². The highest BCUT2D eigenvalue weighted by molar-refractivity contribution is 5.92. The molecule has 3 heterocycles. The summed E-state index contributed by atoms with van der Waals surface area (Å²) in [6.45, 7) is 1.98. The Labute approximate surface area is 133 Å². The Morgan fingerprint density at radius 1 is 0.957 bits per heavy atom. The number of aromatic nitrogens is 4.